The van der Waals surface area contributed by atoms with Crippen LogP contribution >= 0.6 is 11.3 Å². The number of aromatic nitrogens is 1. The number of aromatic carboxylic acids is 1. The maximum atomic E-state index is 10.9. The van der Waals surface area contributed by atoms with Crippen LogP contribution in [0.5, 0.6) is 0 Å². The van der Waals surface area contributed by atoms with Gasteiger partial charge in [-0.3, -0.25) is 0 Å². The molecule has 1 aromatic rings. The molecule has 0 aliphatic carbocycles. The molecule has 0 bridgehead atoms. The van der Waals surface area contributed by atoms with Crippen molar-refractivity contribution >= 4 is 17.3 Å². The van der Waals surface area contributed by atoms with Gasteiger partial charge in [-0.1, -0.05) is 0 Å². The summed E-state index contributed by atoms with van der Waals surface area (Å²) in [5.74, 6) is -0.940. The maximum absolute atomic E-state index is 10.9. The van der Waals surface area contributed by atoms with Gasteiger partial charge in [-0.2, -0.15) is 0 Å². The second-order valence-corrected chi connectivity index (χ2v) is 4.44. The number of carboxylic acid groups (broad SMARTS) is 1. The highest BCUT2D eigenvalue weighted by Gasteiger charge is 2.17. The van der Waals surface area contributed by atoms with Crippen LogP contribution in [0.15, 0.2) is 0 Å². The number of nitrogens with zero attached hydrogens (tertiary/aromatic N) is 2. The summed E-state index contributed by atoms with van der Waals surface area (Å²) in [6.07, 6.45) is 0. The second-order valence-electron chi connectivity index (χ2n) is 3.36. The van der Waals surface area contributed by atoms with Gasteiger partial charge in [0.1, 0.15) is 9.88 Å². The summed E-state index contributed by atoms with van der Waals surface area (Å²) >= 11 is 1.20. The van der Waals surface area contributed by atoms with Crippen molar-refractivity contribution in [2.45, 2.75) is 13.2 Å². The van der Waals surface area contributed by atoms with Gasteiger partial charge in [-0.15, -0.1) is 11.3 Å². The molecule has 1 heterocycles. The number of hydrogen-bond acceptors (Lipinski definition) is 5. The molecule has 0 radical (unpaired) electrons. The van der Waals surface area contributed by atoms with Gasteiger partial charge in [0.15, 0.2) is 0 Å². The molecular formula is C9H14N2O3S. The monoisotopic (exact) mass is 230 g/mol. The van der Waals surface area contributed by atoms with Crippen LogP contribution in [0, 0.1) is 0 Å². The molecule has 0 aliphatic rings. The predicted molar refractivity (Wildman–Crippen MR) is 57.2 cm³/mol. The van der Waals surface area contributed by atoms with Crippen LogP contribution in [0.4, 0.5) is 0 Å². The lowest BCUT2D eigenvalue weighted by atomic mass is 10.4. The van der Waals surface area contributed by atoms with Crippen LogP contribution in [0.1, 0.15) is 20.4 Å². The van der Waals surface area contributed by atoms with E-state index in [1.54, 1.807) is 0 Å². The number of carboxylic acids is 1. The lowest BCUT2D eigenvalue weighted by Crippen LogP contribution is -2.10. The minimum Gasteiger partial charge on any atom is -0.477 e. The van der Waals surface area contributed by atoms with E-state index in [4.69, 9.17) is 9.84 Å². The highest BCUT2D eigenvalue weighted by molar-refractivity contribution is 7.13. The molecule has 5 nitrogen and oxygen atoms in total. The Bertz CT molecular complexity index is 349. The molecule has 1 aromatic heterocycles. The Kier molecular flexibility index (Phi) is 4.19. The van der Waals surface area contributed by atoms with E-state index in [9.17, 15) is 4.79 Å². The molecule has 0 saturated heterocycles. The van der Waals surface area contributed by atoms with Crippen molar-refractivity contribution in [2.75, 3.05) is 21.2 Å². The average molecular weight is 230 g/mol. The van der Waals surface area contributed by atoms with Crippen LogP contribution in [0.3, 0.4) is 0 Å². The molecule has 0 aliphatic heterocycles. The van der Waals surface area contributed by atoms with Crippen molar-refractivity contribution < 1.29 is 14.6 Å². The molecule has 0 atom stereocenters. The van der Waals surface area contributed by atoms with Gasteiger partial charge in [-0.05, 0) is 14.1 Å². The number of thiazole rings is 1. The summed E-state index contributed by atoms with van der Waals surface area (Å²) in [6, 6.07) is 0. The molecule has 1 rings (SSSR count). The predicted octanol–water partition coefficient (Wildman–Crippen LogP) is 1.05. The highest BCUT2D eigenvalue weighted by atomic mass is 32.1. The van der Waals surface area contributed by atoms with Crippen LogP contribution < -0.4 is 0 Å². The van der Waals surface area contributed by atoms with E-state index in [2.05, 4.69) is 4.98 Å². The van der Waals surface area contributed by atoms with Crippen LogP contribution in [0.25, 0.3) is 0 Å². The van der Waals surface area contributed by atoms with Gasteiger partial charge in [0.2, 0.25) is 0 Å². The van der Waals surface area contributed by atoms with E-state index in [0.717, 1.165) is 5.01 Å². The molecule has 0 spiro atoms. The molecular weight excluding hydrogens is 216 g/mol. The van der Waals surface area contributed by atoms with Crippen LogP contribution in [-0.4, -0.2) is 42.2 Å². The van der Waals surface area contributed by atoms with Crippen molar-refractivity contribution in [3.05, 3.63) is 15.6 Å². The van der Waals surface area contributed by atoms with Crippen molar-refractivity contribution in [3.63, 3.8) is 0 Å². The number of carbonyl (C=O) groups is 1. The first kappa shape index (κ1) is 12.1. The number of methoxy groups -OCH3 is 1. The smallest absolute Gasteiger partial charge is 0.347 e. The highest BCUT2D eigenvalue weighted by Crippen LogP contribution is 2.20. The van der Waals surface area contributed by atoms with E-state index in [1.807, 2.05) is 19.0 Å². The molecule has 0 aromatic carbocycles. The van der Waals surface area contributed by atoms with E-state index < -0.39 is 5.97 Å². The third-order valence-corrected chi connectivity index (χ3v) is 2.74. The summed E-state index contributed by atoms with van der Waals surface area (Å²) < 4.78 is 4.90. The summed E-state index contributed by atoms with van der Waals surface area (Å²) in [4.78, 5) is 17.3. The lowest BCUT2D eigenvalue weighted by molar-refractivity contribution is 0.0697. The van der Waals surface area contributed by atoms with Crippen molar-refractivity contribution in [2.24, 2.45) is 0 Å². The maximum Gasteiger partial charge on any atom is 0.347 e. The first-order chi connectivity index (χ1) is 7.04. The van der Waals surface area contributed by atoms with E-state index in [-0.39, 0.29) is 11.5 Å². The summed E-state index contributed by atoms with van der Waals surface area (Å²) in [5, 5.41) is 9.74. The van der Waals surface area contributed by atoms with Gasteiger partial charge < -0.3 is 14.7 Å². The van der Waals surface area contributed by atoms with E-state index in [0.29, 0.717) is 12.2 Å². The Morgan fingerprint density at radius 3 is 2.73 bits per heavy atom. The first-order valence-corrected chi connectivity index (χ1v) is 5.21. The van der Waals surface area contributed by atoms with Gasteiger partial charge in [0.05, 0.1) is 12.3 Å². The van der Waals surface area contributed by atoms with Gasteiger partial charge in [0.25, 0.3) is 0 Å². The molecule has 0 amide bonds. The molecule has 84 valence electrons. The van der Waals surface area contributed by atoms with Crippen LogP contribution in [-0.2, 0) is 17.9 Å². The Morgan fingerprint density at radius 1 is 1.60 bits per heavy atom. The zero-order chi connectivity index (χ0) is 11.4. The standard InChI is InChI=1S/C9H14N2O3S/c1-11(2)4-7-10-6(5-14-3)8(15-7)9(12)13/h4-5H2,1-3H3,(H,12,13). The largest absolute Gasteiger partial charge is 0.477 e. The fourth-order valence-electron chi connectivity index (χ4n) is 1.14. The Morgan fingerprint density at radius 2 is 2.27 bits per heavy atom. The minimum atomic E-state index is -0.940. The number of hydrogen-bond donors (Lipinski definition) is 1. The quantitative estimate of drug-likeness (QED) is 0.819. The van der Waals surface area contributed by atoms with Crippen molar-refractivity contribution in [3.8, 4) is 0 Å². The van der Waals surface area contributed by atoms with Gasteiger partial charge >= 0.3 is 5.97 Å². The Hall–Kier alpha value is -0.980. The fraction of sp³-hybridized carbons (Fsp3) is 0.556. The third-order valence-electron chi connectivity index (χ3n) is 1.67. The fourth-order valence-corrected chi connectivity index (χ4v) is 2.16. The minimum absolute atomic E-state index is 0.242. The second kappa shape index (κ2) is 5.20. The SMILES string of the molecule is COCc1nc(CN(C)C)sc1C(=O)O. The zero-order valence-corrected chi connectivity index (χ0v) is 9.80. The van der Waals surface area contributed by atoms with Gasteiger partial charge in [0, 0.05) is 13.7 Å². The van der Waals surface area contributed by atoms with Gasteiger partial charge in [-0.25, -0.2) is 9.78 Å². The van der Waals surface area contributed by atoms with E-state index in [1.165, 1.54) is 18.4 Å². The summed E-state index contributed by atoms with van der Waals surface area (Å²) in [5.41, 5.74) is 0.506. The van der Waals surface area contributed by atoms with E-state index >= 15 is 0 Å². The third kappa shape index (κ3) is 3.26. The molecule has 0 saturated carbocycles. The topological polar surface area (TPSA) is 62.7 Å². The van der Waals surface area contributed by atoms with Crippen molar-refractivity contribution in [1.82, 2.24) is 9.88 Å². The lowest BCUT2D eigenvalue weighted by Gasteiger charge is -2.04. The first-order valence-electron chi connectivity index (χ1n) is 4.40. The molecule has 6 heteroatoms. The molecule has 15 heavy (non-hydrogen) atoms. The number of rotatable bonds is 5. The van der Waals surface area contributed by atoms with Crippen LogP contribution in [0.2, 0.25) is 0 Å². The number of ether oxygens (including phenoxy) is 1. The zero-order valence-electron chi connectivity index (χ0n) is 8.98. The average Bonchev–Trinajstić information content (AvgIpc) is 2.47. The molecule has 0 fully saturated rings. The Balaban J connectivity index is 2.93. The molecule has 1 N–H and O–H groups in total. The Labute approximate surface area is 92.3 Å². The van der Waals surface area contributed by atoms with Crippen molar-refractivity contribution in [1.29, 1.82) is 0 Å². The molecule has 0 unspecified atom stereocenters. The summed E-state index contributed by atoms with van der Waals surface area (Å²) in [6.45, 7) is 0.889. The normalized spacial score (nSPS) is 10.9. The summed E-state index contributed by atoms with van der Waals surface area (Å²) in [7, 11) is 5.35.